The lowest BCUT2D eigenvalue weighted by atomic mass is 9.96. The molecular formula is C29H31NO3. The summed E-state index contributed by atoms with van der Waals surface area (Å²) in [5, 5.41) is 0. The third-order valence-electron chi connectivity index (χ3n) is 6.08. The monoisotopic (exact) mass is 441 g/mol. The van der Waals surface area contributed by atoms with Crippen LogP contribution in [0, 0.1) is 0 Å². The Morgan fingerprint density at radius 1 is 0.848 bits per heavy atom. The van der Waals surface area contributed by atoms with Crippen molar-refractivity contribution in [2.45, 2.75) is 44.7 Å². The van der Waals surface area contributed by atoms with Crippen LogP contribution in [0.2, 0.25) is 0 Å². The first-order valence-electron chi connectivity index (χ1n) is 11.5. The van der Waals surface area contributed by atoms with Crippen molar-refractivity contribution in [2.24, 2.45) is 0 Å². The number of carbonyl (C=O) groups excluding carboxylic acids is 1. The van der Waals surface area contributed by atoms with Crippen molar-refractivity contribution < 1.29 is 14.3 Å². The fourth-order valence-electron chi connectivity index (χ4n) is 4.22. The number of allylic oxidation sites excluding steroid dienone is 1. The van der Waals surface area contributed by atoms with E-state index in [1.165, 1.54) is 5.56 Å². The van der Waals surface area contributed by atoms with Gasteiger partial charge in [-0.05, 0) is 29.7 Å². The predicted octanol–water partition coefficient (Wildman–Crippen LogP) is 5.71. The van der Waals surface area contributed by atoms with Crippen molar-refractivity contribution in [2.75, 3.05) is 6.61 Å². The van der Waals surface area contributed by atoms with Crippen molar-refractivity contribution in [1.82, 2.24) is 4.90 Å². The van der Waals surface area contributed by atoms with Gasteiger partial charge in [-0.3, -0.25) is 4.79 Å². The van der Waals surface area contributed by atoms with Crippen LogP contribution in [-0.4, -0.2) is 29.4 Å². The Hall–Kier alpha value is -3.21. The lowest BCUT2D eigenvalue weighted by Crippen LogP contribution is -2.48. The molecule has 0 saturated carbocycles. The van der Waals surface area contributed by atoms with Gasteiger partial charge in [-0.2, -0.15) is 0 Å². The summed E-state index contributed by atoms with van der Waals surface area (Å²) >= 11 is 0. The van der Waals surface area contributed by atoms with E-state index in [0.29, 0.717) is 26.2 Å². The van der Waals surface area contributed by atoms with Gasteiger partial charge in [-0.25, -0.2) is 0 Å². The van der Waals surface area contributed by atoms with Crippen molar-refractivity contribution in [1.29, 1.82) is 0 Å². The van der Waals surface area contributed by atoms with Crippen molar-refractivity contribution in [3.8, 4) is 0 Å². The Labute approximate surface area is 196 Å². The van der Waals surface area contributed by atoms with Crippen LogP contribution >= 0.6 is 0 Å². The highest BCUT2D eigenvalue weighted by Crippen LogP contribution is 2.30. The van der Waals surface area contributed by atoms with Crippen molar-refractivity contribution >= 4 is 5.78 Å². The van der Waals surface area contributed by atoms with E-state index < -0.39 is 0 Å². The largest absolute Gasteiger partial charge is 0.374 e. The lowest BCUT2D eigenvalue weighted by molar-refractivity contribution is -0.121. The fraction of sp³-hybridized carbons (Fsp3) is 0.276. The van der Waals surface area contributed by atoms with Gasteiger partial charge in [0.25, 0.3) is 0 Å². The predicted molar refractivity (Wildman–Crippen MR) is 130 cm³/mol. The van der Waals surface area contributed by atoms with Crippen LogP contribution in [-0.2, 0) is 27.5 Å². The van der Waals surface area contributed by atoms with Gasteiger partial charge in [0.1, 0.15) is 6.10 Å². The van der Waals surface area contributed by atoms with Crippen molar-refractivity contribution in [3.05, 3.63) is 120 Å². The standard InChI is InChI=1S/C29H31NO3/c1-23(26-15-9-4-10-16-26)30-18-17-27(31)19-28(30)29(33-21-25-13-7-3-8-14-25)22-32-20-24-11-5-2-6-12-24/h2-18,23,28-29H,19-22H2,1H3/t23-,28-,29-/m1/s1. The van der Waals surface area contributed by atoms with Gasteiger partial charge in [0.15, 0.2) is 5.78 Å². The maximum Gasteiger partial charge on any atom is 0.159 e. The van der Waals surface area contributed by atoms with E-state index in [1.807, 2.05) is 60.8 Å². The normalized spacial score (nSPS) is 17.7. The first-order chi connectivity index (χ1) is 16.2. The Morgan fingerprint density at radius 3 is 2.06 bits per heavy atom. The average molecular weight is 442 g/mol. The summed E-state index contributed by atoms with van der Waals surface area (Å²) in [7, 11) is 0. The first-order valence-corrected chi connectivity index (χ1v) is 11.5. The zero-order chi connectivity index (χ0) is 22.9. The lowest BCUT2D eigenvalue weighted by Gasteiger charge is -2.41. The molecule has 0 radical (unpaired) electrons. The molecule has 4 rings (SSSR count). The minimum Gasteiger partial charge on any atom is -0.374 e. The van der Waals surface area contributed by atoms with Gasteiger partial charge in [-0.1, -0.05) is 91.0 Å². The van der Waals surface area contributed by atoms with Crippen LogP contribution in [0.15, 0.2) is 103 Å². The maximum atomic E-state index is 12.4. The van der Waals surface area contributed by atoms with E-state index in [0.717, 1.165) is 11.1 Å². The third-order valence-corrected chi connectivity index (χ3v) is 6.08. The number of rotatable bonds is 10. The number of ketones is 1. The van der Waals surface area contributed by atoms with Crippen LogP contribution in [0.5, 0.6) is 0 Å². The first kappa shape index (κ1) is 23.0. The van der Waals surface area contributed by atoms with Gasteiger partial charge in [0.2, 0.25) is 0 Å². The Morgan fingerprint density at radius 2 is 1.42 bits per heavy atom. The van der Waals surface area contributed by atoms with E-state index in [1.54, 1.807) is 6.08 Å². The van der Waals surface area contributed by atoms with Crippen LogP contribution in [0.1, 0.15) is 36.1 Å². The molecule has 4 nitrogen and oxygen atoms in total. The Bertz CT molecular complexity index is 1020. The highest BCUT2D eigenvalue weighted by atomic mass is 16.5. The smallest absolute Gasteiger partial charge is 0.159 e. The van der Waals surface area contributed by atoms with Crippen LogP contribution in [0.3, 0.4) is 0 Å². The Balaban J connectivity index is 1.52. The molecule has 1 aliphatic heterocycles. The molecule has 170 valence electrons. The molecule has 0 aromatic heterocycles. The highest BCUT2D eigenvalue weighted by Gasteiger charge is 2.34. The topological polar surface area (TPSA) is 38.8 Å². The van der Waals surface area contributed by atoms with Crippen LogP contribution in [0.4, 0.5) is 0 Å². The number of hydrogen-bond acceptors (Lipinski definition) is 4. The van der Waals surface area contributed by atoms with Gasteiger partial charge < -0.3 is 14.4 Å². The molecule has 0 saturated heterocycles. The van der Waals surface area contributed by atoms with E-state index in [9.17, 15) is 4.79 Å². The quantitative estimate of drug-likeness (QED) is 0.404. The number of hydrogen-bond donors (Lipinski definition) is 0. The summed E-state index contributed by atoms with van der Waals surface area (Å²) in [6.07, 6.45) is 3.75. The minimum absolute atomic E-state index is 0.109. The molecule has 33 heavy (non-hydrogen) atoms. The van der Waals surface area contributed by atoms with E-state index in [-0.39, 0.29) is 24.0 Å². The van der Waals surface area contributed by atoms with Gasteiger partial charge in [0.05, 0.1) is 31.9 Å². The van der Waals surface area contributed by atoms with E-state index in [2.05, 4.69) is 48.2 Å². The second-order valence-corrected chi connectivity index (χ2v) is 8.42. The van der Waals surface area contributed by atoms with E-state index in [4.69, 9.17) is 9.47 Å². The summed E-state index contributed by atoms with van der Waals surface area (Å²) in [5.74, 6) is 0.118. The molecule has 0 bridgehead atoms. The second-order valence-electron chi connectivity index (χ2n) is 8.42. The van der Waals surface area contributed by atoms with Crippen LogP contribution in [0.25, 0.3) is 0 Å². The summed E-state index contributed by atoms with van der Waals surface area (Å²) in [6, 6.07) is 30.6. The summed E-state index contributed by atoms with van der Waals surface area (Å²) in [4.78, 5) is 14.7. The number of ether oxygens (including phenoxy) is 2. The molecule has 0 aliphatic carbocycles. The summed E-state index contributed by atoms with van der Waals surface area (Å²) in [6.45, 7) is 3.56. The zero-order valence-corrected chi connectivity index (χ0v) is 19.0. The van der Waals surface area contributed by atoms with Crippen molar-refractivity contribution in [3.63, 3.8) is 0 Å². The molecule has 1 heterocycles. The second kappa shape index (κ2) is 11.6. The molecule has 3 atom stereocenters. The van der Waals surface area contributed by atoms with Gasteiger partial charge >= 0.3 is 0 Å². The highest BCUT2D eigenvalue weighted by molar-refractivity contribution is 5.90. The SMILES string of the molecule is C[C@H](c1ccccc1)N1C=CC(=O)C[C@@H]1[C@@H](COCc1ccccc1)OCc1ccccc1. The summed E-state index contributed by atoms with van der Waals surface area (Å²) < 4.78 is 12.5. The molecule has 0 unspecified atom stereocenters. The number of nitrogens with zero attached hydrogens (tertiary/aromatic N) is 1. The molecule has 3 aromatic carbocycles. The van der Waals surface area contributed by atoms with E-state index >= 15 is 0 Å². The number of benzene rings is 3. The molecule has 3 aromatic rings. The number of carbonyl (C=O) groups is 1. The minimum atomic E-state index is -0.256. The molecule has 4 heteroatoms. The molecule has 0 amide bonds. The molecule has 0 spiro atoms. The van der Waals surface area contributed by atoms with Crippen LogP contribution < -0.4 is 0 Å². The molecule has 1 aliphatic rings. The molecule has 0 N–H and O–H groups in total. The fourth-order valence-corrected chi connectivity index (χ4v) is 4.22. The van der Waals surface area contributed by atoms with Gasteiger partial charge in [-0.15, -0.1) is 0 Å². The maximum absolute atomic E-state index is 12.4. The summed E-state index contributed by atoms with van der Waals surface area (Å²) in [5.41, 5.74) is 3.42. The Kier molecular flexibility index (Phi) is 8.07. The molecular weight excluding hydrogens is 410 g/mol. The molecule has 0 fully saturated rings. The van der Waals surface area contributed by atoms with Gasteiger partial charge in [0, 0.05) is 12.6 Å². The zero-order valence-electron chi connectivity index (χ0n) is 19.0. The third kappa shape index (κ3) is 6.41. The average Bonchev–Trinajstić information content (AvgIpc) is 2.87.